The van der Waals surface area contributed by atoms with E-state index in [1.165, 1.54) is 0 Å². The van der Waals surface area contributed by atoms with Crippen molar-refractivity contribution in [2.45, 2.75) is 20.3 Å². The minimum Gasteiger partial charge on any atom is -0.394 e. The second-order valence-electron chi connectivity index (χ2n) is 4.32. The molecule has 19 heavy (non-hydrogen) atoms. The molecule has 0 aliphatic carbocycles. The van der Waals surface area contributed by atoms with Crippen molar-refractivity contribution >= 4 is 0 Å². The minimum absolute atomic E-state index is 0.0536. The summed E-state index contributed by atoms with van der Waals surface area (Å²) in [6.07, 6.45) is 1.10. The first-order chi connectivity index (χ1) is 9.22. The topological polar surface area (TPSA) is 60.0 Å². The number of rotatable bonds is 14. The largest absolute Gasteiger partial charge is 0.394 e. The predicted molar refractivity (Wildman–Crippen MR) is 76.1 cm³/mol. The summed E-state index contributed by atoms with van der Waals surface area (Å²) >= 11 is 0. The Morgan fingerprint density at radius 2 is 1.58 bits per heavy atom. The lowest BCUT2D eigenvalue weighted by Crippen LogP contribution is -2.23. The molecule has 0 heterocycles. The first-order valence-electron chi connectivity index (χ1n) is 6.99. The summed E-state index contributed by atoms with van der Waals surface area (Å²) in [6, 6.07) is 0. The third-order valence-corrected chi connectivity index (χ3v) is 2.79. The lowest BCUT2D eigenvalue weighted by atomic mass is 10.1. The van der Waals surface area contributed by atoms with Gasteiger partial charge in [-0.3, -0.25) is 0 Å². The zero-order chi connectivity index (χ0) is 14.3. The van der Waals surface area contributed by atoms with Gasteiger partial charge in [-0.15, -0.1) is 0 Å². The highest BCUT2D eigenvalue weighted by Gasteiger charge is 2.02. The maximum Gasteiger partial charge on any atom is 0.0701 e. The Kier molecular flexibility index (Phi) is 13.4. The molecule has 1 unspecified atom stereocenters. The fourth-order valence-corrected chi connectivity index (χ4v) is 1.31. The van der Waals surface area contributed by atoms with Crippen molar-refractivity contribution in [2.24, 2.45) is 5.92 Å². The Hall–Kier alpha value is -0.620. The second-order valence-corrected chi connectivity index (χ2v) is 4.32. The molecule has 0 aliphatic rings. The number of hydrogen-bond donors (Lipinski definition) is 2. The molecule has 0 rings (SSSR count). The van der Waals surface area contributed by atoms with Gasteiger partial charge in [-0.05, 0) is 12.3 Å². The van der Waals surface area contributed by atoms with Gasteiger partial charge in [0.1, 0.15) is 0 Å². The number of hydrogen-bond acceptors (Lipinski definition) is 5. The van der Waals surface area contributed by atoms with E-state index in [4.69, 9.17) is 19.3 Å². The molecule has 0 saturated heterocycles. The highest BCUT2D eigenvalue weighted by Crippen LogP contribution is 2.07. The van der Waals surface area contributed by atoms with Gasteiger partial charge in [0, 0.05) is 12.2 Å². The summed E-state index contributed by atoms with van der Waals surface area (Å²) in [6.45, 7) is 12.3. The maximum atomic E-state index is 8.48. The van der Waals surface area contributed by atoms with Crippen LogP contribution < -0.4 is 5.32 Å². The van der Waals surface area contributed by atoms with Crippen molar-refractivity contribution in [1.82, 2.24) is 5.32 Å². The summed E-state index contributed by atoms with van der Waals surface area (Å²) < 4.78 is 15.8. The average Bonchev–Trinajstić information content (AvgIpc) is 2.43. The molecular weight excluding hydrogens is 246 g/mol. The molecule has 0 saturated carbocycles. The molecule has 0 amide bonds. The molecular formula is C14H29NO4. The standard InChI is InChI=1S/C14H29NO4/c1-4-13(2)14(3)15-5-7-17-9-11-19-12-10-18-8-6-16/h13,15-16H,3-12H2,1-2H3. The quantitative estimate of drug-likeness (QED) is 0.466. The molecule has 0 aromatic rings. The average molecular weight is 275 g/mol. The van der Waals surface area contributed by atoms with Gasteiger partial charge in [0.25, 0.3) is 0 Å². The van der Waals surface area contributed by atoms with Crippen LogP contribution in [0.4, 0.5) is 0 Å². The fraction of sp³-hybridized carbons (Fsp3) is 0.857. The van der Waals surface area contributed by atoms with Crippen LogP contribution in [0.5, 0.6) is 0 Å². The number of allylic oxidation sites excluding steroid dienone is 1. The lowest BCUT2D eigenvalue weighted by Gasteiger charge is -2.15. The highest BCUT2D eigenvalue weighted by atomic mass is 16.5. The van der Waals surface area contributed by atoms with E-state index in [0.717, 1.165) is 18.7 Å². The molecule has 5 heteroatoms. The van der Waals surface area contributed by atoms with E-state index in [1.54, 1.807) is 0 Å². The van der Waals surface area contributed by atoms with Crippen LogP contribution in [0.1, 0.15) is 20.3 Å². The molecule has 0 aromatic heterocycles. The highest BCUT2D eigenvalue weighted by molar-refractivity contribution is 4.95. The van der Waals surface area contributed by atoms with Gasteiger partial charge in [-0.1, -0.05) is 20.4 Å². The van der Waals surface area contributed by atoms with E-state index < -0.39 is 0 Å². The molecule has 0 aromatic carbocycles. The van der Waals surface area contributed by atoms with E-state index in [9.17, 15) is 0 Å². The van der Waals surface area contributed by atoms with Gasteiger partial charge in [0.05, 0.1) is 46.2 Å². The van der Waals surface area contributed by atoms with Gasteiger partial charge in [0.2, 0.25) is 0 Å². The normalized spacial score (nSPS) is 12.4. The Balaban J connectivity index is 3.13. The third kappa shape index (κ3) is 12.2. The van der Waals surface area contributed by atoms with Crippen LogP contribution in [0.15, 0.2) is 12.3 Å². The molecule has 0 radical (unpaired) electrons. The Labute approximate surface area is 116 Å². The molecule has 114 valence electrons. The number of aliphatic hydroxyl groups excluding tert-OH is 1. The number of nitrogens with one attached hydrogen (secondary N) is 1. The summed E-state index contributed by atoms with van der Waals surface area (Å²) in [5, 5.41) is 11.7. The van der Waals surface area contributed by atoms with Crippen LogP contribution in [-0.2, 0) is 14.2 Å². The fourth-order valence-electron chi connectivity index (χ4n) is 1.31. The summed E-state index contributed by atoms with van der Waals surface area (Å²) in [7, 11) is 0. The molecule has 0 fully saturated rings. The van der Waals surface area contributed by atoms with E-state index in [-0.39, 0.29) is 6.61 Å². The van der Waals surface area contributed by atoms with Crippen molar-refractivity contribution in [3.05, 3.63) is 12.3 Å². The van der Waals surface area contributed by atoms with E-state index in [1.807, 2.05) is 0 Å². The van der Waals surface area contributed by atoms with Gasteiger partial charge < -0.3 is 24.6 Å². The predicted octanol–water partition coefficient (Wildman–Crippen LogP) is 1.18. The Bertz CT molecular complexity index is 212. The van der Waals surface area contributed by atoms with E-state index in [0.29, 0.717) is 45.6 Å². The van der Waals surface area contributed by atoms with Crippen molar-refractivity contribution in [3.63, 3.8) is 0 Å². The molecule has 5 nitrogen and oxygen atoms in total. The number of ether oxygens (including phenoxy) is 3. The molecule has 2 N–H and O–H groups in total. The van der Waals surface area contributed by atoms with E-state index >= 15 is 0 Å². The third-order valence-electron chi connectivity index (χ3n) is 2.79. The zero-order valence-electron chi connectivity index (χ0n) is 12.3. The smallest absolute Gasteiger partial charge is 0.0701 e. The maximum absolute atomic E-state index is 8.48. The van der Waals surface area contributed by atoms with Crippen molar-refractivity contribution < 1.29 is 19.3 Å². The van der Waals surface area contributed by atoms with Gasteiger partial charge in [-0.2, -0.15) is 0 Å². The SMILES string of the molecule is C=C(NCCOCCOCCOCCO)C(C)CC. The van der Waals surface area contributed by atoms with Crippen LogP contribution >= 0.6 is 0 Å². The van der Waals surface area contributed by atoms with Gasteiger partial charge >= 0.3 is 0 Å². The second kappa shape index (κ2) is 13.8. The lowest BCUT2D eigenvalue weighted by molar-refractivity contribution is 0.00835. The summed E-state index contributed by atoms with van der Waals surface area (Å²) in [4.78, 5) is 0. The first kappa shape index (κ1) is 18.4. The summed E-state index contributed by atoms with van der Waals surface area (Å²) in [5.41, 5.74) is 1.07. The van der Waals surface area contributed by atoms with Gasteiger partial charge in [-0.25, -0.2) is 0 Å². The van der Waals surface area contributed by atoms with Crippen molar-refractivity contribution in [1.29, 1.82) is 0 Å². The number of aliphatic hydroxyl groups is 1. The van der Waals surface area contributed by atoms with Crippen LogP contribution in [-0.4, -0.2) is 57.9 Å². The van der Waals surface area contributed by atoms with E-state index in [2.05, 4.69) is 25.7 Å². The molecule has 0 aliphatic heterocycles. The van der Waals surface area contributed by atoms with Gasteiger partial charge in [0.15, 0.2) is 0 Å². The first-order valence-corrected chi connectivity index (χ1v) is 6.99. The van der Waals surface area contributed by atoms with Crippen LogP contribution in [0.3, 0.4) is 0 Å². The molecule has 0 spiro atoms. The zero-order valence-corrected chi connectivity index (χ0v) is 12.3. The van der Waals surface area contributed by atoms with Crippen molar-refractivity contribution in [3.8, 4) is 0 Å². The Morgan fingerprint density at radius 3 is 2.11 bits per heavy atom. The summed E-state index contributed by atoms with van der Waals surface area (Å²) in [5.74, 6) is 0.502. The monoisotopic (exact) mass is 275 g/mol. The molecule has 0 bridgehead atoms. The Morgan fingerprint density at radius 1 is 1.05 bits per heavy atom. The van der Waals surface area contributed by atoms with Crippen LogP contribution in [0, 0.1) is 5.92 Å². The minimum atomic E-state index is 0.0536. The van der Waals surface area contributed by atoms with Crippen molar-refractivity contribution in [2.75, 3.05) is 52.8 Å². The molecule has 1 atom stereocenters. The van der Waals surface area contributed by atoms with Crippen LogP contribution in [0.2, 0.25) is 0 Å². The van der Waals surface area contributed by atoms with Crippen LogP contribution in [0.25, 0.3) is 0 Å².